The summed E-state index contributed by atoms with van der Waals surface area (Å²) in [7, 11) is -2.49. The van der Waals surface area contributed by atoms with Crippen molar-refractivity contribution in [1.82, 2.24) is 0 Å². The third-order valence-corrected chi connectivity index (χ3v) is 2.67. The lowest BCUT2D eigenvalue weighted by Gasteiger charge is -2.20. The van der Waals surface area contributed by atoms with Crippen LogP contribution in [0, 0.1) is 5.41 Å². The van der Waals surface area contributed by atoms with Crippen molar-refractivity contribution >= 4 is 27.8 Å². The Morgan fingerprint density at radius 3 is 2.33 bits per heavy atom. The number of nitrogens with zero attached hydrogens (tertiary/aromatic N) is 1. The average Bonchev–Trinajstić information content (AvgIpc) is 2.31. The minimum atomic E-state index is -2.49. The SMILES string of the molecule is CC(C)(CO)C(=O)Nc1ccc(N=S(=O)=O)cc1. The molecule has 0 aliphatic rings. The van der Waals surface area contributed by atoms with Crippen LogP contribution in [0.4, 0.5) is 11.4 Å². The van der Waals surface area contributed by atoms with Crippen LogP contribution in [-0.2, 0) is 15.3 Å². The van der Waals surface area contributed by atoms with Crippen LogP contribution in [0.25, 0.3) is 0 Å². The van der Waals surface area contributed by atoms with Gasteiger partial charge in [-0.15, -0.1) is 4.36 Å². The van der Waals surface area contributed by atoms with Crippen LogP contribution in [0.15, 0.2) is 28.6 Å². The van der Waals surface area contributed by atoms with Crippen LogP contribution in [0.2, 0.25) is 0 Å². The quantitative estimate of drug-likeness (QED) is 0.862. The molecule has 1 aromatic rings. The Kier molecular flexibility index (Phi) is 4.57. The molecule has 98 valence electrons. The van der Waals surface area contributed by atoms with Gasteiger partial charge in [0.2, 0.25) is 5.91 Å². The number of nitrogens with one attached hydrogen (secondary N) is 1. The molecule has 0 radical (unpaired) electrons. The van der Waals surface area contributed by atoms with Crippen molar-refractivity contribution in [2.45, 2.75) is 13.8 Å². The van der Waals surface area contributed by atoms with Gasteiger partial charge in [-0.3, -0.25) is 4.79 Å². The summed E-state index contributed by atoms with van der Waals surface area (Å²) >= 11 is 0. The molecule has 0 spiro atoms. The summed E-state index contributed by atoms with van der Waals surface area (Å²) in [5.74, 6) is -0.318. The van der Waals surface area contributed by atoms with Crippen LogP contribution >= 0.6 is 0 Å². The standard InChI is InChI=1S/C11H14N2O4S/c1-11(2,7-14)10(15)12-8-3-5-9(6-4-8)13-18(16)17/h3-6,14H,7H2,1-2H3,(H,12,15). The van der Waals surface area contributed by atoms with E-state index in [1.807, 2.05) is 0 Å². The summed E-state index contributed by atoms with van der Waals surface area (Å²) in [5.41, 5.74) is -0.0839. The Labute approximate surface area is 106 Å². The minimum absolute atomic E-state index is 0.262. The van der Waals surface area contributed by atoms with Crippen molar-refractivity contribution in [3.63, 3.8) is 0 Å². The third kappa shape index (κ3) is 3.94. The van der Waals surface area contributed by atoms with E-state index in [0.29, 0.717) is 5.69 Å². The molecule has 0 aliphatic heterocycles. The van der Waals surface area contributed by atoms with E-state index < -0.39 is 15.9 Å². The number of carbonyl (C=O) groups is 1. The van der Waals surface area contributed by atoms with Gasteiger partial charge in [0.1, 0.15) is 0 Å². The van der Waals surface area contributed by atoms with Gasteiger partial charge in [0.05, 0.1) is 17.7 Å². The maximum atomic E-state index is 11.7. The van der Waals surface area contributed by atoms with E-state index in [-0.39, 0.29) is 18.2 Å². The monoisotopic (exact) mass is 270 g/mol. The van der Waals surface area contributed by atoms with Crippen molar-refractivity contribution in [2.24, 2.45) is 9.78 Å². The van der Waals surface area contributed by atoms with E-state index in [4.69, 9.17) is 5.11 Å². The Balaban J connectivity index is 2.82. The second-order valence-electron chi connectivity index (χ2n) is 4.35. The molecular weight excluding hydrogens is 256 g/mol. The molecule has 6 nitrogen and oxygen atoms in total. The lowest BCUT2D eigenvalue weighted by Crippen LogP contribution is -2.33. The number of amides is 1. The molecule has 18 heavy (non-hydrogen) atoms. The number of rotatable bonds is 4. The van der Waals surface area contributed by atoms with Gasteiger partial charge < -0.3 is 10.4 Å². The highest BCUT2D eigenvalue weighted by molar-refractivity contribution is 7.61. The van der Waals surface area contributed by atoms with Crippen molar-refractivity contribution < 1.29 is 18.3 Å². The number of hydrogen-bond acceptors (Lipinski definition) is 5. The van der Waals surface area contributed by atoms with E-state index in [1.54, 1.807) is 13.8 Å². The predicted octanol–water partition coefficient (Wildman–Crippen LogP) is 1.34. The number of aliphatic hydroxyl groups is 1. The average molecular weight is 270 g/mol. The fraction of sp³-hybridized carbons (Fsp3) is 0.364. The molecule has 0 aliphatic carbocycles. The number of aliphatic hydroxyl groups excluding tert-OH is 1. The van der Waals surface area contributed by atoms with Crippen LogP contribution < -0.4 is 5.32 Å². The summed E-state index contributed by atoms with van der Waals surface area (Å²) in [5, 5.41) is 11.7. The van der Waals surface area contributed by atoms with Crippen molar-refractivity contribution in [2.75, 3.05) is 11.9 Å². The molecule has 1 rings (SSSR count). The highest BCUT2D eigenvalue weighted by Crippen LogP contribution is 2.20. The molecule has 0 aromatic heterocycles. The highest BCUT2D eigenvalue weighted by atomic mass is 32.2. The number of hydrogen-bond donors (Lipinski definition) is 2. The zero-order valence-electron chi connectivity index (χ0n) is 10.0. The van der Waals surface area contributed by atoms with Gasteiger partial charge in [-0.05, 0) is 38.1 Å². The Hall–Kier alpha value is -1.73. The lowest BCUT2D eigenvalue weighted by atomic mass is 9.93. The molecule has 0 bridgehead atoms. The van der Waals surface area contributed by atoms with Gasteiger partial charge in [-0.1, -0.05) is 0 Å². The normalized spacial score (nSPS) is 10.8. The summed E-state index contributed by atoms with van der Waals surface area (Å²) in [6.07, 6.45) is 0. The van der Waals surface area contributed by atoms with E-state index >= 15 is 0 Å². The van der Waals surface area contributed by atoms with E-state index in [1.165, 1.54) is 24.3 Å². The zero-order valence-corrected chi connectivity index (χ0v) is 10.9. The molecule has 7 heteroatoms. The zero-order chi connectivity index (χ0) is 13.8. The van der Waals surface area contributed by atoms with Gasteiger partial charge in [0.25, 0.3) is 0 Å². The second-order valence-corrected chi connectivity index (χ2v) is 4.97. The van der Waals surface area contributed by atoms with Crippen LogP contribution in [0.5, 0.6) is 0 Å². The van der Waals surface area contributed by atoms with E-state index in [9.17, 15) is 13.2 Å². The van der Waals surface area contributed by atoms with Crippen molar-refractivity contribution in [3.8, 4) is 0 Å². The van der Waals surface area contributed by atoms with Crippen LogP contribution in [0.1, 0.15) is 13.8 Å². The molecule has 0 atom stereocenters. The number of anilines is 1. The topological polar surface area (TPSA) is 95.8 Å². The second kappa shape index (κ2) is 5.74. The van der Waals surface area contributed by atoms with Crippen LogP contribution in [0.3, 0.4) is 0 Å². The first-order valence-corrected chi connectivity index (χ1v) is 6.22. The Morgan fingerprint density at radius 2 is 1.89 bits per heavy atom. The lowest BCUT2D eigenvalue weighted by molar-refractivity contribution is -0.125. The van der Waals surface area contributed by atoms with Crippen LogP contribution in [-0.4, -0.2) is 26.0 Å². The summed E-state index contributed by atoms with van der Waals surface area (Å²) < 4.78 is 24.0. The Bertz CT molecular complexity index is 553. The van der Waals surface area contributed by atoms with E-state index in [2.05, 4.69) is 9.68 Å². The van der Waals surface area contributed by atoms with Gasteiger partial charge in [-0.25, -0.2) is 0 Å². The first kappa shape index (κ1) is 14.3. The largest absolute Gasteiger partial charge is 0.395 e. The molecule has 0 saturated carbocycles. The smallest absolute Gasteiger partial charge is 0.316 e. The molecule has 0 unspecified atom stereocenters. The Morgan fingerprint density at radius 1 is 1.33 bits per heavy atom. The summed E-state index contributed by atoms with van der Waals surface area (Å²) in [6.45, 7) is 2.97. The van der Waals surface area contributed by atoms with Crippen molar-refractivity contribution in [1.29, 1.82) is 0 Å². The number of carbonyl (C=O) groups excluding carboxylic acids is 1. The third-order valence-electron chi connectivity index (χ3n) is 2.32. The highest BCUT2D eigenvalue weighted by Gasteiger charge is 2.26. The predicted molar refractivity (Wildman–Crippen MR) is 66.9 cm³/mol. The molecular formula is C11H14N2O4S. The molecule has 0 heterocycles. The maximum absolute atomic E-state index is 11.7. The van der Waals surface area contributed by atoms with Gasteiger partial charge >= 0.3 is 10.5 Å². The number of benzene rings is 1. The van der Waals surface area contributed by atoms with E-state index in [0.717, 1.165) is 0 Å². The first-order chi connectivity index (χ1) is 8.35. The maximum Gasteiger partial charge on any atom is 0.316 e. The summed E-state index contributed by atoms with van der Waals surface area (Å²) in [6, 6.07) is 6.02. The van der Waals surface area contributed by atoms with Gasteiger partial charge in [-0.2, -0.15) is 8.42 Å². The first-order valence-electron chi connectivity index (χ1n) is 5.18. The summed E-state index contributed by atoms with van der Waals surface area (Å²) in [4.78, 5) is 11.7. The fourth-order valence-electron chi connectivity index (χ4n) is 1.06. The molecule has 0 fully saturated rings. The molecule has 0 saturated heterocycles. The fourth-order valence-corrected chi connectivity index (χ4v) is 1.36. The minimum Gasteiger partial charge on any atom is -0.395 e. The van der Waals surface area contributed by atoms with Crippen molar-refractivity contribution in [3.05, 3.63) is 24.3 Å². The molecule has 1 amide bonds. The van der Waals surface area contributed by atoms with Gasteiger partial charge in [0, 0.05) is 5.69 Å². The van der Waals surface area contributed by atoms with Gasteiger partial charge in [0.15, 0.2) is 0 Å². The molecule has 2 N–H and O–H groups in total. The molecule has 1 aromatic carbocycles.